The third kappa shape index (κ3) is 3.94. The van der Waals surface area contributed by atoms with Crippen molar-refractivity contribution in [1.29, 1.82) is 0 Å². The van der Waals surface area contributed by atoms with Gasteiger partial charge in [-0.1, -0.05) is 26.2 Å². The quantitative estimate of drug-likeness (QED) is 0.785. The van der Waals surface area contributed by atoms with Gasteiger partial charge in [-0.2, -0.15) is 0 Å². The summed E-state index contributed by atoms with van der Waals surface area (Å²) in [7, 11) is 0. The van der Waals surface area contributed by atoms with Gasteiger partial charge in [-0.05, 0) is 38.3 Å². The van der Waals surface area contributed by atoms with Crippen molar-refractivity contribution in [2.45, 2.75) is 51.5 Å². The molecule has 3 heteroatoms. The Morgan fingerprint density at radius 3 is 2.33 bits per heavy atom. The van der Waals surface area contributed by atoms with Gasteiger partial charge >= 0.3 is 0 Å². The summed E-state index contributed by atoms with van der Waals surface area (Å²) in [5, 5.41) is 0. The van der Waals surface area contributed by atoms with Gasteiger partial charge < -0.3 is 10.6 Å². The SMILES string of the molecule is CCC(CN)CCN1CCN(C2CCCC2)CC1. The monoisotopic (exact) mass is 253 g/mol. The van der Waals surface area contributed by atoms with Crippen LogP contribution in [0.15, 0.2) is 0 Å². The van der Waals surface area contributed by atoms with Crippen molar-refractivity contribution in [3.63, 3.8) is 0 Å². The van der Waals surface area contributed by atoms with Crippen LogP contribution in [-0.2, 0) is 0 Å². The van der Waals surface area contributed by atoms with E-state index in [0.29, 0.717) is 0 Å². The molecular weight excluding hydrogens is 222 g/mol. The fraction of sp³-hybridized carbons (Fsp3) is 1.00. The highest BCUT2D eigenvalue weighted by Gasteiger charge is 2.25. The van der Waals surface area contributed by atoms with Gasteiger partial charge in [-0.25, -0.2) is 0 Å². The van der Waals surface area contributed by atoms with E-state index < -0.39 is 0 Å². The number of hydrogen-bond donors (Lipinski definition) is 1. The first-order valence-electron chi connectivity index (χ1n) is 8.00. The second-order valence-electron chi connectivity index (χ2n) is 6.11. The maximum atomic E-state index is 5.78. The van der Waals surface area contributed by atoms with Crippen molar-refractivity contribution in [1.82, 2.24) is 9.80 Å². The normalized spacial score (nSPS) is 25.7. The summed E-state index contributed by atoms with van der Waals surface area (Å²) in [5.41, 5.74) is 5.78. The summed E-state index contributed by atoms with van der Waals surface area (Å²) in [6.45, 7) is 9.52. The van der Waals surface area contributed by atoms with Crippen LogP contribution in [0.25, 0.3) is 0 Å². The predicted octanol–water partition coefficient (Wildman–Crippen LogP) is 1.92. The summed E-state index contributed by atoms with van der Waals surface area (Å²) in [6.07, 6.45) is 8.34. The molecule has 1 aliphatic carbocycles. The molecule has 0 aromatic heterocycles. The minimum atomic E-state index is 0.734. The fourth-order valence-electron chi connectivity index (χ4n) is 3.48. The first-order valence-corrected chi connectivity index (χ1v) is 8.00. The zero-order valence-electron chi connectivity index (χ0n) is 12.1. The number of hydrogen-bond acceptors (Lipinski definition) is 3. The average molecular weight is 253 g/mol. The summed E-state index contributed by atoms with van der Waals surface area (Å²) in [4.78, 5) is 5.38. The Morgan fingerprint density at radius 2 is 1.78 bits per heavy atom. The van der Waals surface area contributed by atoms with E-state index in [-0.39, 0.29) is 0 Å². The van der Waals surface area contributed by atoms with Crippen LogP contribution in [0.1, 0.15) is 45.4 Å². The molecule has 1 saturated carbocycles. The summed E-state index contributed by atoms with van der Waals surface area (Å²) in [5.74, 6) is 0.734. The standard InChI is InChI=1S/C15H31N3/c1-2-14(13-16)7-8-17-9-11-18(12-10-17)15-5-3-4-6-15/h14-15H,2-13,16H2,1H3. The van der Waals surface area contributed by atoms with Gasteiger partial charge in [0.25, 0.3) is 0 Å². The minimum absolute atomic E-state index is 0.734. The van der Waals surface area contributed by atoms with Crippen molar-refractivity contribution < 1.29 is 0 Å². The largest absolute Gasteiger partial charge is 0.330 e. The smallest absolute Gasteiger partial charge is 0.0113 e. The Morgan fingerprint density at radius 1 is 1.11 bits per heavy atom. The molecule has 1 saturated heterocycles. The van der Waals surface area contributed by atoms with E-state index in [0.717, 1.165) is 18.5 Å². The van der Waals surface area contributed by atoms with E-state index in [2.05, 4.69) is 16.7 Å². The number of rotatable bonds is 6. The predicted molar refractivity (Wildman–Crippen MR) is 77.7 cm³/mol. The van der Waals surface area contributed by atoms with Crippen LogP contribution in [0, 0.1) is 5.92 Å². The Kier molecular flexibility index (Phi) is 5.93. The lowest BCUT2D eigenvalue weighted by atomic mass is 10.0. The second-order valence-corrected chi connectivity index (χ2v) is 6.11. The van der Waals surface area contributed by atoms with Crippen LogP contribution >= 0.6 is 0 Å². The van der Waals surface area contributed by atoms with E-state index in [1.807, 2.05) is 0 Å². The lowest BCUT2D eigenvalue weighted by Crippen LogP contribution is -2.50. The zero-order valence-corrected chi connectivity index (χ0v) is 12.1. The Hall–Kier alpha value is -0.120. The van der Waals surface area contributed by atoms with Crippen LogP contribution in [-0.4, -0.2) is 55.1 Å². The molecular formula is C15H31N3. The van der Waals surface area contributed by atoms with Gasteiger partial charge in [0.05, 0.1) is 0 Å². The van der Waals surface area contributed by atoms with Gasteiger partial charge in [0, 0.05) is 32.2 Å². The molecule has 1 aliphatic heterocycles. The molecule has 0 radical (unpaired) electrons. The molecule has 2 rings (SSSR count). The molecule has 3 nitrogen and oxygen atoms in total. The number of nitrogens with zero attached hydrogens (tertiary/aromatic N) is 2. The third-order valence-electron chi connectivity index (χ3n) is 5.01. The van der Waals surface area contributed by atoms with E-state index in [1.54, 1.807) is 0 Å². The molecule has 18 heavy (non-hydrogen) atoms. The highest BCUT2D eigenvalue weighted by atomic mass is 15.3. The summed E-state index contributed by atoms with van der Waals surface area (Å²) >= 11 is 0. The van der Waals surface area contributed by atoms with Gasteiger partial charge in [-0.15, -0.1) is 0 Å². The maximum Gasteiger partial charge on any atom is 0.0113 e. The Labute approximate surface area is 113 Å². The van der Waals surface area contributed by atoms with Crippen LogP contribution in [0.4, 0.5) is 0 Å². The van der Waals surface area contributed by atoms with Gasteiger partial charge in [0.2, 0.25) is 0 Å². The highest BCUT2D eigenvalue weighted by Crippen LogP contribution is 2.24. The Bertz CT molecular complexity index is 214. The van der Waals surface area contributed by atoms with Crippen molar-refractivity contribution in [2.75, 3.05) is 39.3 Å². The molecule has 0 amide bonds. The molecule has 2 fully saturated rings. The van der Waals surface area contributed by atoms with Crippen LogP contribution < -0.4 is 5.73 Å². The summed E-state index contributed by atoms with van der Waals surface area (Å²) in [6, 6.07) is 0.916. The molecule has 2 N–H and O–H groups in total. The molecule has 0 bridgehead atoms. The van der Waals surface area contributed by atoms with Crippen LogP contribution in [0.3, 0.4) is 0 Å². The van der Waals surface area contributed by atoms with Crippen molar-refractivity contribution in [2.24, 2.45) is 11.7 Å². The molecule has 2 aliphatic rings. The van der Waals surface area contributed by atoms with Crippen molar-refractivity contribution in [3.8, 4) is 0 Å². The van der Waals surface area contributed by atoms with Crippen molar-refractivity contribution >= 4 is 0 Å². The molecule has 1 heterocycles. The lowest BCUT2D eigenvalue weighted by molar-refractivity contribution is 0.0941. The van der Waals surface area contributed by atoms with E-state index in [4.69, 9.17) is 5.73 Å². The van der Waals surface area contributed by atoms with E-state index >= 15 is 0 Å². The van der Waals surface area contributed by atoms with E-state index in [9.17, 15) is 0 Å². The number of nitrogens with two attached hydrogens (primary N) is 1. The summed E-state index contributed by atoms with van der Waals surface area (Å²) < 4.78 is 0. The molecule has 0 aromatic rings. The topological polar surface area (TPSA) is 32.5 Å². The van der Waals surface area contributed by atoms with Crippen molar-refractivity contribution in [3.05, 3.63) is 0 Å². The third-order valence-corrected chi connectivity index (χ3v) is 5.01. The fourth-order valence-corrected chi connectivity index (χ4v) is 3.48. The highest BCUT2D eigenvalue weighted by molar-refractivity contribution is 4.82. The number of piperazine rings is 1. The van der Waals surface area contributed by atoms with Crippen LogP contribution in [0.5, 0.6) is 0 Å². The second kappa shape index (κ2) is 7.46. The molecule has 1 unspecified atom stereocenters. The van der Waals surface area contributed by atoms with Gasteiger partial charge in [-0.3, -0.25) is 4.90 Å². The first-order chi connectivity index (χ1) is 8.83. The molecule has 106 valence electrons. The van der Waals surface area contributed by atoms with Gasteiger partial charge in [0.15, 0.2) is 0 Å². The van der Waals surface area contributed by atoms with Gasteiger partial charge in [0.1, 0.15) is 0 Å². The first kappa shape index (κ1) is 14.3. The average Bonchev–Trinajstić information content (AvgIpc) is 2.94. The Balaban J connectivity index is 1.63. The molecule has 0 spiro atoms. The molecule has 1 atom stereocenters. The lowest BCUT2D eigenvalue weighted by Gasteiger charge is -2.38. The molecule has 0 aromatic carbocycles. The van der Waals surface area contributed by atoms with E-state index in [1.165, 1.54) is 71.2 Å². The maximum absolute atomic E-state index is 5.78. The van der Waals surface area contributed by atoms with Crippen LogP contribution in [0.2, 0.25) is 0 Å². The minimum Gasteiger partial charge on any atom is -0.330 e. The zero-order chi connectivity index (χ0) is 12.8.